The maximum absolute atomic E-state index is 5.20. The zero-order valence-corrected chi connectivity index (χ0v) is 11.8. The molecular formula is C17H21NO. The quantitative estimate of drug-likeness (QED) is 0.876. The van der Waals surface area contributed by atoms with Crippen LogP contribution < -0.4 is 10.1 Å². The first-order chi connectivity index (χ1) is 9.20. The van der Waals surface area contributed by atoms with Gasteiger partial charge in [-0.15, -0.1) is 0 Å². The van der Waals surface area contributed by atoms with Crippen molar-refractivity contribution in [2.45, 2.75) is 26.4 Å². The van der Waals surface area contributed by atoms with E-state index in [0.717, 1.165) is 12.3 Å². The van der Waals surface area contributed by atoms with Gasteiger partial charge < -0.3 is 10.1 Å². The third-order valence-corrected chi connectivity index (χ3v) is 3.12. The van der Waals surface area contributed by atoms with Crippen molar-refractivity contribution in [2.24, 2.45) is 0 Å². The lowest BCUT2D eigenvalue weighted by atomic mass is 9.99. The summed E-state index contributed by atoms with van der Waals surface area (Å²) in [5, 5.41) is 3.47. The largest absolute Gasteiger partial charge is 0.497 e. The van der Waals surface area contributed by atoms with Crippen molar-refractivity contribution in [3.63, 3.8) is 0 Å². The van der Waals surface area contributed by atoms with E-state index in [9.17, 15) is 0 Å². The van der Waals surface area contributed by atoms with Gasteiger partial charge in [0.15, 0.2) is 0 Å². The molecule has 0 saturated carbocycles. The van der Waals surface area contributed by atoms with E-state index in [1.54, 1.807) is 7.11 Å². The Kier molecular flexibility index (Phi) is 4.58. The lowest BCUT2D eigenvalue weighted by Gasteiger charge is -2.13. The average Bonchev–Trinajstić information content (AvgIpc) is 2.45. The molecule has 2 aromatic rings. The molecule has 2 heteroatoms. The summed E-state index contributed by atoms with van der Waals surface area (Å²) in [6.45, 7) is 5.21. The van der Waals surface area contributed by atoms with Gasteiger partial charge in [-0.1, -0.05) is 50.2 Å². The number of methoxy groups -OCH3 is 1. The van der Waals surface area contributed by atoms with Gasteiger partial charge in [0, 0.05) is 12.6 Å². The van der Waals surface area contributed by atoms with Crippen LogP contribution in [0.25, 0.3) is 11.1 Å². The average molecular weight is 255 g/mol. The topological polar surface area (TPSA) is 21.3 Å². The summed E-state index contributed by atoms with van der Waals surface area (Å²) in [5.74, 6) is 0.890. The summed E-state index contributed by atoms with van der Waals surface area (Å²) < 4.78 is 5.20. The van der Waals surface area contributed by atoms with E-state index in [4.69, 9.17) is 4.74 Å². The number of hydrogen-bond donors (Lipinski definition) is 1. The second-order valence-electron chi connectivity index (χ2n) is 4.92. The van der Waals surface area contributed by atoms with Crippen LogP contribution in [0.15, 0.2) is 48.5 Å². The molecule has 0 spiro atoms. The predicted molar refractivity (Wildman–Crippen MR) is 80.4 cm³/mol. The van der Waals surface area contributed by atoms with E-state index >= 15 is 0 Å². The fourth-order valence-corrected chi connectivity index (χ4v) is 2.04. The zero-order chi connectivity index (χ0) is 13.7. The standard InChI is InChI=1S/C17H21NO/c1-13(2)18-12-15-6-4-5-7-17(15)14-8-10-16(19-3)11-9-14/h4-11,13,18H,12H2,1-3H3. The molecule has 1 N–H and O–H groups in total. The predicted octanol–water partition coefficient (Wildman–Crippen LogP) is 3.86. The van der Waals surface area contributed by atoms with Crippen molar-refractivity contribution in [3.05, 3.63) is 54.1 Å². The molecule has 0 aliphatic rings. The van der Waals surface area contributed by atoms with Crippen LogP contribution in [0.1, 0.15) is 19.4 Å². The van der Waals surface area contributed by atoms with Gasteiger partial charge in [-0.05, 0) is 28.8 Å². The van der Waals surface area contributed by atoms with Crippen molar-refractivity contribution in [2.75, 3.05) is 7.11 Å². The molecular weight excluding hydrogens is 234 g/mol. The zero-order valence-electron chi connectivity index (χ0n) is 11.8. The lowest BCUT2D eigenvalue weighted by molar-refractivity contribution is 0.415. The third kappa shape index (κ3) is 3.58. The summed E-state index contributed by atoms with van der Waals surface area (Å²) in [6, 6.07) is 17.2. The first kappa shape index (κ1) is 13.6. The van der Waals surface area contributed by atoms with E-state index in [1.165, 1.54) is 16.7 Å². The first-order valence-electron chi connectivity index (χ1n) is 6.66. The molecule has 0 radical (unpaired) electrons. The van der Waals surface area contributed by atoms with Crippen LogP contribution in [0.2, 0.25) is 0 Å². The van der Waals surface area contributed by atoms with Crippen LogP contribution in [-0.4, -0.2) is 13.2 Å². The molecule has 0 saturated heterocycles. The molecule has 0 aromatic heterocycles. The summed E-state index contributed by atoms with van der Waals surface area (Å²) in [7, 11) is 1.69. The normalized spacial score (nSPS) is 10.7. The molecule has 0 aliphatic heterocycles. The Labute approximate surface area is 115 Å². The molecule has 2 rings (SSSR count). The minimum atomic E-state index is 0.490. The molecule has 19 heavy (non-hydrogen) atoms. The second-order valence-corrected chi connectivity index (χ2v) is 4.92. The Morgan fingerprint density at radius 1 is 1.00 bits per heavy atom. The summed E-state index contributed by atoms with van der Waals surface area (Å²) in [6.07, 6.45) is 0. The van der Waals surface area contributed by atoms with Gasteiger partial charge >= 0.3 is 0 Å². The number of nitrogens with one attached hydrogen (secondary N) is 1. The Balaban J connectivity index is 2.27. The van der Waals surface area contributed by atoms with E-state index < -0.39 is 0 Å². The highest BCUT2D eigenvalue weighted by atomic mass is 16.5. The van der Waals surface area contributed by atoms with E-state index in [-0.39, 0.29) is 0 Å². The molecule has 0 amide bonds. The fourth-order valence-electron chi connectivity index (χ4n) is 2.04. The van der Waals surface area contributed by atoms with Gasteiger partial charge in [0.05, 0.1) is 7.11 Å². The van der Waals surface area contributed by atoms with Crippen molar-refractivity contribution in [3.8, 4) is 16.9 Å². The highest BCUT2D eigenvalue weighted by molar-refractivity contribution is 5.67. The molecule has 0 aliphatic carbocycles. The monoisotopic (exact) mass is 255 g/mol. The van der Waals surface area contributed by atoms with Crippen LogP contribution in [0.5, 0.6) is 5.75 Å². The van der Waals surface area contributed by atoms with Crippen LogP contribution in [-0.2, 0) is 6.54 Å². The second kappa shape index (κ2) is 6.39. The van der Waals surface area contributed by atoms with E-state index in [2.05, 4.69) is 55.6 Å². The smallest absolute Gasteiger partial charge is 0.118 e. The highest BCUT2D eigenvalue weighted by Crippen LogP contribution is 2.25. The minimum absolute atomic E-state index is 0.490. The minimum Gasteiger partial charge on any atom is -0.497 e. The molecule has 0 fully saturated rings. The molecule has 0 unspecified atom stereocenters. The Bertz CT molecular complexity index is 517. The third-order valence-electron chi connectivity index (χ3n) is 3.12. The molecule has 0 heterocycles. The molecule has 0 bridgehead atoms. The summed E-state index contributed by atoms with van der Waals surface area (Å²) in [5.41, 5.74) is 3.82. The van der Waals surface area contributed by atoms with Gasteiger partial charge in [-0.25, -0.2) is 0 Å². The van der Waals surface area contributed by atoms with Crippen LogP contribution in [0.3, 0.4) is 0 Å². The maximum Gasteiger partial charge on any atom is 0.118 e. The van der Waals surface area contributed by atoms with Crippen molar-refractivity contribution in [1.29, 1.82) is 0 Å². The number of hydrogen-bond acceptors (Lipinski definition) is 2. The van der Waals surface area contributed by atoms with Crippen LogP contribution >= 0.6 is 0 Å². The van der Waals surface area contributed by atoms with Gasteiger partial charge in [0.1, 0.15) is 5.75 Å². The van der Waals surface area contributed by atoms with Gasteiger partial charge in [0.25, 0.3) is 0 Å². The number of rotatable bonds is 5. The highest BCUT2D eigenvalue weighted by Gasteiger charge is 2.05. The van der Waals surface area contributed by atoms with Gasteiger partial charge in [0.2, 0.25) is 0 Å². The van der Waals surface area contributed by atoms with Crippen LogP contribution in [0, 0.1) is 0 Å². The fraction of sp³-hybridized carbons (Fsp3) is 0.294. The van der Waals surface area contributed by atoms with E-state index in [1.807, 2.05) is 12.1 Å². The lowest BCUT2D eigenvalue weighted by Crippen LogP contribution is -2.22. The molecule has 0 atom stereocenters. The Morgan fingerprint density at radius 3 is 2.32 bits per heavy atom. The van der Waals surface area contributed by atoms with Crippen molar-refractivity contribution >= 4 is 0 Å². The summed E-state index contributed by atoms with van der Waals surface area (Å²) >= 11 is 0. The SMILES string of the molecule is COc1ccc(-c2ccccc2CNC(C)C)cc1. The Hall–Kier alpha value is -1.80. The van der Waals surface area contributed by atoms with Gasteiger partial charge in [-0.3, -0.25) is 0 Å². The maximum atomic E-state index is 5.20. The molecule has 100 valence electrons. The van der Waals surface area contributed by atoms with Crippen molar-refractivity contribution in [1.82, 2.24) is 5.32 Å². The number of benzene rings is 2. The summed E-state index contributed by atoms with van der Waals surface area (Å²) in [4.78, 5) is 0. The first-order valence-corrected chi connectivity index (χ1v) is 6.66. The van der Waals surface area contributed by atoms with Crippen LogP contribution in [0.4, 0.5) is 0 Å². The number of ether oxygens (including phenoxy) is 1. The Morgan fingerprint density at radius 2 is 1.68 bits per heavy atom. The molecule has 2 aromatic carbocycles. The molecule has 2 nitrogen and oxygen atoms in total. The van der Waals surface area contributed by atoms with Gasteiger partial charge in [-0.2, -0.15) is 0 Å². The van der Waals surface area contributed by atoms with Crippen molar-refractivity contribution < 1.29 is 4.74 Å². The van der Waals surface area contributed by atoms with E-state index in [0.29, 0.717) is 6.04 Å².